The monoisotopic (exact) mass is 143 g/mol. The third-order valence-electron chi connectivity index (χ3n) is 2.27. The van der Waals surface area contributed by atoms with Gasteiger partial charge in [0.2, 0.25) is 0 Å². The molecule has 0 aromatic rings. The summed E-state index contributed by atoms with van der Waals surface area (Å²) in [6.45, 7) is 3.96. The van der Waals surface area contributed by atoms with Crippen molar-refractivity contribution in [2.75, 3.05) is 13.2 Å². The van der Waals surface area contributed by atoms with Crippen LogP contribution in [0.15, 0.2) is 0 Å². The van der Waals surface area contributed by atoms with Crippen molar-refractivity contribution in [2.45, 2.75) is 32.2 Å². The number of hydrogen-bond donors (Lipinski definition) is 1. The summed E-state index contributed by atoms with van der Waals surface area (Å²) in [6.07, 6.45) is 3.53. The SMILES string of the molecule is CC[C@H](N)[C@@H]1CCCOC1. The summed E-state index contributed by atoms with van der Waals surface area (Å²) in [5.74, 6) is 0.624. The largest absolute Gasteiger partial charge is 0.381 e. The van der Waals surface area contributed by atoms with Gasteiger partial charge in [-0.15, -0.1) is 0 Å². The number of nitrogens with two attached hydrogens (primary N) is 1. The first-order chi connectivity index (χ1) is 4.84. The number of rotatable bonds is 2. The molecule has 1 rings (SSSR count). The first-order valence-corrected chi connectivity index (χ1v) is 4.18. The summed E-state index contributed by atoms with van der Waals surface area (Å²) in [6, 6.07) is 0.361. The molecule has 0 saturated carbocycles. The summed E-state index contributed by atoms with van der Waals surface area (Å²) in [5.41, 5.74) is 5.87. The van der Waals surface area contributed by atoms with E-state index in [4.69, 9.17) is 10.5 Å². The molecular weight excluding hydrogens is 126 g/mol. The lowest BCUT2D eigenvalue weighted by molar-refractivity contribution is 0.0445. The first-order valence-electron chi connectivity index (χ1n) is 4.18. The Balaban J connectivity index is 2.24. The highest BCUT2D eigenvalue weighted by molar-refractivity contribution is 4.73. The highest BCUT2D eigenvalue weighted by Gasteiger charge is 2.18. The minimum absolute atomic E-state index is 0.361. The molecule has 0 aromatic heterocycles. The van der Waals surface area contributed by atoms with Crippen LogP contribution in [0.5, 0.6) is 0 Å². The van der Waals surface area contributed by atoms with Gasteiger partial charge in [0.15, 0.2) is 0 Å². The van der Waals surface area contributed by atoms with Crippen molar-refractivity contribution in [1.82, 2.24) is 0 Å². The fourth-order valence-electron chi connectivity index (χ4n) is 1.44. The molecule has 2 N–H and O–H groups in total. The third-order valence-corrected chi connectivity index (χ3v) is 2.27. The molecule has 0 unspecified atom stereocenters. The summed E-state index contributed by atoms with van der Waals surface area (Å²) in [4.78, 5) is 0. The van der Waals surface area contributed by atoms with Gasteiger partial charge in [-0.1, -0.05) is 6.92 Å². The Morgan fingerprint density at radius 2 is 2.50 bits per heavy atom. The average Bonchev–Trinajstić information content (AvgIpc) is 2.05. The Morgan fingerprint density at radius 1 is 1.70 bits per heavy atom. The van der Waals surface area contributed by atoms with Gasteiger partial charge in [-0.3, -0.25) is 0 Å². The molecule has 1 heterocycles. The van der Waals surface area contributed by atoms with Gasteiger partial charge in [-0.05, 0) is 25.2 Å². The Labute approximate surface area is 62.7 Å². The summed E-state index contributed by atoms with van der Waals surface area (Å²) < 4.78 is 5.33. The molecule has 0 radical (unpaired) electrons. The van der Waals surface area contributed by atoms with E-state index in [1.165, 1.54) is 12.8 Å². The van der Waals surface area contributed by atoms with Gasteiger partial charge in [-0.25, -0.2) is 0 Å². The van der Waals surface area contributed by atoms with Gasteiger partial charge >= 0.3 is 0 Å². The van der Waals surface area contributed by atoms with E-state index in [1.54, 1.807) is 0 Å². The molecule has 0 bridgehead atoms. The molecule has 0 aliphatic carbocycles. The molecule has 1 aliphatic heterocycles. The number of ether oxygens (including phenoxy) is 1. The molecule has 60 valence electrons. The molecule has 2 heteroatoms. The second-order valence-corrected chi connectivity index (χ2v) is 3.05. The van der Waals surface area contributed by atoms with Gasteiger partial charge in [-0.2, -0.15) is 0 Å². The van der Waals surface area contributed by atoms with Crippen LogP contribution in [0.4, 0.5) is 0 Å². The van der Waals surface area contributed by atoms with Crippen LogP contribution in [0.3, 0.4) is 0 Å². The van der Waals surface area contributed by atoms with Crippen LogP contribution in [-0.4, -0.2) is 19.3 Å². The van der Waals surface area contributed by atoms with E-state index in [1.807, 2.05) is 0 Å². The molecule has 2 nitrogen and oxygen atoms in total. The van der Waals surface area contributed by atoms with Crippen LogP contribution in [0, 0.1) is 5.92 Å². The molecule has 2 atom stereocenters. The maximum Gasteiger partial charge on any atom is 0.0509 e. The lowest BCUT2D eigenvalue weighted by Gasteiger charge is -2.26. The van der Waals surface area contributed by atoms with Crippen LogP contribution in [0.2, 0.25) is 0 Å². The van der Waals surface area contributed by atoms with Gasteiger partial charge in [0.25, 0.3) is 0 Å². The van der Waals surface area contributed by atoms with Gasteiger partial charge < -0.3 is 10.5 Å². The van der Waals surface area contributed by atoms with Crippen LogP contribution in [0.1, 0.15) is 26.2 Å². The number of hydrogen-bond acceptors (Lipinski definition) is 2. The van der Waals surface area contributed by atoms with Crippen molar-refractivity contribution in [2.24, 2.45) is 11.7 Å². The lowest BCUT2D eigenvalue weighted by atomic mass is 9.93. The lowest BCUT2D eigenvalue weighted by Crippen LogP contribution is -2.35. The molecule has 0 spiro atoms. The topological polar surface area (TPSA) is 35.2 Å². The molecular formula is C8H17NO. The maximum absolute atomic E-state index is 5.87. The molecule has 1 aliphatic rings. The zero-order valence-electron chi connectivity index (χ0n) is 6.68. The quantitative estimate of drug-likeness (QED) is 0.629. The van der Waals surface area contributed by atoms with Crippen LogP contribution in [-0.2, 0) is 4.74 Å². The minimum Gasteiger partial charge on any atom is -0.381 e. The third kappa shape index (κ3) is 1.96. The van der Waals surface area contributed by atoms with Crippen LogP contribution in [0.25, 0.3) is 0 Å². The highest BCUT2D eigenvalue weighted by atomic mass is 16.5. The van der Waals surface area contributed by atoms with E-state index >= 15 is 0 Å². The fourth-order valence-corrected chi connectivity index (χ4v) is 1.44. The van der Waals surface area contributed by atoms with E-state index in [9.17, 15) is 0 Å². The van der Waals surface area contributed by atoms with Crippen molar-refractivity contribution in [3.05, 3.63) is 0 Å². The Hall–Kier alpha value is -0.0800. The standard InChI is InChI=1S/C8H17NO/c1-2-8(9)7-4-3-5-10-6-7/h7-8H,2-6,9H2,1H3/t7-,8+/m1/s1. The van der Waals surface area contributed by atoms with Crippen molar-refractivity contribution >= 4 is 0 Å². The maximum atomic E-state index is 5.87. The van der Waals surface area contributed by atoms with Crippen molar-refractivity contribution in [3.63, 3.8) is 0 Å². The van der Waals surface area contributed by atoms with E-state index in [0.29, 0.717) is 12.0 Å². The van der Waals surface area contributed by atoms with Gasteiger partial charge in [0.1, 0.15) is 0 Å². The summed E-state index contributed by atoms with van der Waals surface area (Å²) >= 11 is 0. The average molecular weight is 143 g/mol. The van der Waals surface area contributed by atoms with Gasteiger partial charge in [0.05, 0.1) is 6.61 Å². The predicted molar refractivity (Wildman–Crippen MR) is 41.8 cm³/mol. The zero-order valence-corrected chi connectivity index (χ0v) is 6.68. The molecule has 0 amide bonds. The smallest absolute Gasteiger partial charge is 0.0509 e. The van der Waals surface area contributed by atoms with Crippen molar-refractivity contribution in [3.8, 4) is 0 Å². The first kappa shape index (κ1) is 8.02. The minimum atomic E-state index is 0.361. The normalized spacial score (nSPS) is 30.0. The molecule has 1 fully saturated rings. The second kappa shape index (κ2) is 3.94. The molecule has 10 heavy (non-hydrogen) atoms. The Kier molecular flexibility index (Phi) is 3.16. The van der Waals surface area contributed by atoms with E-state index in [2.05, 4.69) is 6.92 Å². The Morgan fingerprint density at radius 3 is 3.00 bits per heavy atom. The van der Waals surface area contributed by atoms with E-state index < -0.39 is 0 Å². The van der Waals surface area contributed by atoms with Gasteiger partial charge in [0, 0.05) is 12.6 Å². The summed E-state index contributed by atoms with van der Waals surface area (Å²) in [7, 11) is 0. The molecule has 1 saturated heterocycles. The Bertz CT molecular complexity index is 89.3. The fraction of sp³-hybridized carbons (Fsp3) is 1.00. The highest BCUT2D eigenvalue weighted by Crippen LogP contribution is 2.17. The van der Waals surface area contributed by atoms with Crippen molar-refractivity contribution in [1.29, 1.82) is 0 Å². The predicted octanol–water partition coefficient (Wildman–Crippen LogP) is 1.15. The van der Waals surface area contributed by atoms with E-state index in [-0.39, 0.29) is 0 Å². The molecule has 0 aromatic carbocycles. The van der Waals surface area contributed by atoms with Crippen molar-refractivity contribution < 1.29 is 4.74 Å². The second-order valence-electron chi connectivity index (χ2n) is 3.05. The zero-order chi connectivity index (χ0) is 7.40. The van der Waals surface area contributed by atoms with Crippen LogP contribution >= 0.6 is 0 Å². The van der Waals surface area contributed by atoms with E-state index in [0.717, 1.165) is 19.6 Å². The summed E-state index contributed by atoms with van der Waals surface area (Å²) in [5, 5.41) is 0. The van der Waals surface area contributed by atoms with Crippen LogP contribution < -0.4 is 5.73 Å².